The van der Waals surface area contributed by atoms with E-state index in [0.29, 0.717) is 31.9 Å². The minimum Gasteiger partial charge on any atom is -0.444 e. The van der Waals surface area contributed by atoms with Crippen LogP contribution in [0.25, 0.3) is 0 Å². The summed E-state index contributed by atoms with van der Waals surface area (Å²) in [5.74, 6) is -0.922. The molecule has 1 heterocycles. The number of carbonyl (C=O) groups excluding carboxylic acids is 1. The van der Waals surface area contributed by atoms with Crippen molar-refractivity contribution in [2.75, 3.05) is 31.1 Å². The van der Waals surface area contributed by atoms with E-state index in [1.54, 1.807) is 25.7 Å². The lowest BCUT2D eigenvalue weighted by Gasteiger charge is -2.37. The zero-order valence-electron chi connectivity index (χ0n) is 17.0. The smallest absolute Gasteiger partial charge is 0.444 e. The van der Waals surface area contributed by atoms with E-state index in [-0.39, 0.29) is 16.9 Å². The van der Waals surface area contributed by atoms with Crippen LogP contribution in [0.1, 0.15) is 31.9 Å². The average Bonchev–Trinajstić information content (AvgIpc) is 2.54. The van der Waals surface area contributed by atoms with Crippen LogP contribution in [0, 0.1) is 6.92 Å². The molecule has 30 heavy (non-hydrogen) atoms. The molecule has 1 fully saturated rings. The van der Waals surface area contributed by atoms with Crippen LogP contribution in [0.2, 0.25) is 0 Å². The molecule has 0 aromatic heterocycles. The van der Waals surface area contributed by atoms with Crippen molar-refractivity contribution in [1.29, 1.82) is 0 Å². The molecule has 1 aromatic carbocycles. The minimum atomic E-state index is -5.32. The molecule has 1 saturated heterocycles. The molecule has 1 amide bonds. The molecule has 0 spiro atoms. The van der Waals surface area contributed by atoms with Crippen LogP contribution in [-0.2, 0) is 30.0 Å². The van der Waals surface area contributed by atoms with Crippen LogP contribution in [0.3, 0.4) is 0 Å². The van der Waals surface area contributed by atoms with Crippen molar-refractivity contribution in [3.8, 4) is 5.75 Å². The van der Waals surface area contributed by atoms with Crippen molar-refractivity contribution >= 4 is 42.0 Å². The standard InChI is InChI=1S/C17H24ClFN2O7S2/c1-12-13(11-29(18,23)24)9-14(10-15(12)28-30(19,25)26)20-5-7-21(8-6-20)16(22)27-17(2,3)4/h9-10H,5-8,11H2,1-4H3. The van der Waals surface area contributed by atoms with E-state index in [4.69, 9.17) is 15.4 Å². The van der Waals surface area contributed by atoms with Gasteiger partial charge in [-0.2, -0.15) is 8.42 Å². The van der Waals surface area contributed by atoms with Crippen LogP contribution < -0.4 is 9.08 Å². The molecular formula is C17H24ClFN2O7S2. The topological polar surface area (TPSA) is 110 Å². The third-order valence-electron chi connectivity index (χ3n) is 4.27. The highest BCUT2D eigenvalue weighted by atomic mass is 35.7. The molecule has 0 saturated carbocycles. The second-order valence-electron chi connectivity index (χ2n) is 7.84. The summed E-state index contributed by atoms with van der Waals surface area (Å²) in [5.41, 5.74) is 0.0998. The molecule has 0 radical (unpaired) electrons. The van der Waals surface area contributed by atoms with Crippen LogP contribution in [0.15, 0.2) is 12.1 Å². The van der Waals surface area contributed by atoms with Crippen LogP contribution >= 0.6 is 10.7 Å². The first kappa shape index (κ1) is 24.5. The molecule has 1 aliphatic heterocycles. The summed E-state index contributed by atoms with van der Waals surface area (Å²) in [5, 5.41) is 0. The maximum absolute atomic E-state index is 13.1. The highest BCUT2D eigenvalue weighted by Crippen LogP contribution is 2.32. The van der Waals surface area contributed by atoms with E-state index in [2.05, 4.69) is 4.18 Å². The van der Waals surface area contributed by atoms with Crippen molar-refractivity contribution in [2.24, 2.45) is 0 Å². The van der Waals surface area contributed by atoms with Gasteiger partial charge >= 0.3 is 16.6 Å². The quantitative estimate of drug-likeness (QED) is 0.584. The van der Waals surface area contributed by atoms with Crippen molar-refractivity contribution in [2.45, 2.75) is 39.0 Å². The Morgan fingerprint density at radius 2 is 1.70 bits per heavy atom. The number of piperazine rings is 1. The number of ether oxygens (including phenoxy) is 1. The molecule has 0 unspecified atom stereocenters. The Kier molecular flexibility index (Phi) is 7.14. The number of benzene rings is 1. The predicted octanol–water partition coefficient (Wildman–Crippen LogP) is 2.71. The van der Waals surface area contributed by atoms with Gasteiger partial charge in [-0.25, -0.2) is 13.2 Å². The monoisotopic (exact) mass is 486 g/mol. The van der Waals surface area contributed by atoms with Gasteiger partial charge in [0.05, 0.1) is 5.75 Å². The largest absolute Gasteiger partial charge is 0.488 e. The van der Waals surface area contributed by atoms with E-state index < -0.39 is 37.0 Å². The van der Waals surface area contributed by atoms with Gasteiger partial charge in [-0.3, -0.25) is 0 Å². The lowest BCUT2D eigenvalue weighted by molar-refractivity contribution is 0.0240. The molecule has 2 rings (SSSR count). The van der Waals surface area contributed by atoms with Gasteiger partial charge in [0.1, 0.15) is 5.60 Å². The van der Waals surface area contributed by atoms with E-state index in [1.807, 2.05) is 0 Å². The number of halogens is 2. The summed E-state index contributed by atoms with van der Waals surface area (Å²) in [6.07, 6.45) is -0.451. The molecule has 1 aromatic rings. The van der Waals surface area contributed by atoms with Crippen LogP contribution in [0.5, 0.6) is 5.75 Å². The Balaban J connectivity index is 2.27. The second kappa shape index (κ2) is 8.75. The molecular weight excluding hydrogens is 463 g/mol. The molecule has 9 nitrogen and oxygen atoms in total. The Morgan fingerprint density at radius 3 is 2.17 bits per heavy atom. The number of carbonyl (C=O) groups is 1. The third kappa shape index (κ3) is 7.47. The summed E-state index contributed by atoms with van der Waals surface area (Å²) in [7, 11) is -3.94. The van der Waals surface area contributed by atoms with E-state index in [9.17, 15) is 25.5 Å². The molecule has 170 valence electrons. The summed E-state index contributed by atoms with van der Waals surface area (Å²) in [4.78, 5) is 15.5. The van der Waals surface area contributed by atoms with Gasteiger partial charge in [-0.15, -0.1) is 0 Å². The summed E-state index contributed by atoms with van der Waals surface area (Å²) >= 11 is 0. The maximum atomic E-state index is 13.1. The number of rotatable bonds is 5. The van der Waals surface area contributed by atoms with Crippen molar-refractivity contribution in [3.05, 3.63) is 23.3 Å². The highest BCUT2D eigenvalue weighted by Gasteiger charge is 2.27. The Labute approximate surface area is 180 Å². The molecule has 0 aliphatic carbocycles. The van der Waals surface area contributed by atoms with E-state index in [0.717, 1.165) is 0 Å². The van der Waals surface area contributed by atoms with Crippen LogP contribution in [-0.4, -0.2) is 59.6 Å². The minimum absolute atomic E-state index is 0.136. The number of hydrogen-bond acceptors (Lipinski definition) is 8. The molecule has 0 atom stereocenters. The Bertz CT molecular complexity index is 960. The van der Waals surface area contributed by atoms with E-state index in [1.165, 1.54) is 24.0 Å². The molecule has 1 aliphatic rings. The summed E-state index contributed by atoms with van der Waals surface area (Å²) in [6, 6.07) is 2.83. The molecule has 13 heteroatoms. The SMILES string of the molecule is Cc1c(CS(=O)(=O)Cl)cc(N2CCN(C(=O)OC(C)(C)C)CC2)cc1OS(=O)(=O)F. The first-order chi connectivity index (χ1) is 13.5. The number of hydrogen-bond donors (Lipinski definition) is 0. The fourth-order valence-electron chi connectivity index (χ4n) is 2.91. The zero-order valence-corrected chi connectivity index (χ0v) is 19.4. The predicted molar refractivity (Wildman–Crippen MR) is 110 cm³/mol. The van der Waals surface area contributed by atoms with Crippen molar-refractivity contribution in [1.82, 2.24) is 4.90 Å². The summed E-state index contributed by atoms with van der Waals surface area (Å²) < 4.78 is 67.8. The van der Waals surface area contributed by atoms with Gasteiger partial charge in [-0.05, 0) is 44.9 Å². The zero-order chi connectivity index (χ0) is 22.9. The number of nitrogens with zero attached hydrogens (tertiary/aromatic N) is 2. The van der Waals surface area contributed by atoms with Crippen LogP contribution in [0.4, 0.5) is 14.4 Å². The fourth-order valence-corrected chi connectivity index (χ4v) is 4.33. The lowest BCUT2D eigenvalue weighted by atomic mass is 10.1. The molecule has 0 bridgehead atoms. The van der Waals surface area contributed by atoms with Gasteiger partial charge in [-0.1, -0.05) is 3.89 Å². The van der Waals surface area contributed by atoms with Gasteiger partial charge in [0, 0.05) is 48.6 Å². The first-order valence-electron chi connectivity index (χ1n) is 8.97. The van der Waals surface area contributed by atoms with Crippen molar-refractivity contribution < 1.29 is 34.4 Å². The van der Waals surface area contributed by atoms with Gasteiger partial charge in [0.2, 0.25) is 9.05 Å². The van der Waals surface area contributed by atoms with E-state index >= 15 is 0 Å². The fraction of sp³-hybridized carbons (Fsp3) is 0.588. The first-order valence-corrected chi connectivity index (χ1v) is 12.8. The molecule has 0 N–H and O–H groups in total. The number of anilines is 1. The Morgan fingerprint density at radius 1 is 1.13 bits per heavy atom. The third-order valence-corrected chi connectivity index (χ3v) is 5.63. The maximum Gasteiger partial charge on any atom is 0.488 e. The highest BCUT2D eigenvalue weighted by molar-refractivity contribution is 8.13. The summed E-state index contributed by atoms with van der Waals surface area (Å²) in [6.45, 7) is 8.06. The lowest BCUT2D eigenvalue weighted by Crippen LogP contribution is -2.50. The average molecular weight is 487 g/mol. The second-order valence-corrected chi connectivity index (χ2v) is 11.6. The van der Waals surface area contributed by atoms with Gasteiger partial charge < -0.3 is 18.7 Å². The normalized spacial score (nSPS) is 15.8. The van der Waals surface area contributed by atoms with Crippen molar-refractivity contribution in [3.63, 3.8) is 0 Å². The number of amides is 1. The van der Waals surface area contributed by atoms with Gasteiger partial charge in [0.25, 0.3) is 0 Å². The Hall–Kier alpha value is -1.79. The van der Waals surface area contributed by atoms with Gasteiger partial charge in [0.15, 0.2) is 5.75 Å².